The Morgan fingerprint density at radius 1 is 1.25 bits per heavy atom. The van der Waals surface area contributed by atoms with Gasteiger partial charge in [0.2, 0.25) is 0 Å². The number of hydrogen-bond donors (Lipinski definition) is 1. The Labute approximate surface area is 120 Å². The zero-order valence-electron chi connectivity index (χ0n) is 10.5. The van der Waals surface area contributed by atoms with Crippen LogP contribution in [0.25, 0.3) is 0 Å². The molecule has 0 spiro atoms. The maximum absolute atomic E-state index is 12.1. The van der Waals surface area contributed by atoms with E-state index in [9.17, 15) is 8.78 Å². The minimum absolute atomic E-state index is 0.406. The fourth-order valence-corrected chi connectivity index (χ4v) is 1.79. The van der Waals surface area contributed by atoms with Gasteiger partial charge in [-0.05, 0) is 29.8 Å². The van der Waals surface area contributed by atoms with Crippen molar-refractivity contribution in [3.05, 3.63) is 53.3 Å². The van der Waals surface area contributed by atoms with Crippen LogP contribution in [0, 0.1) is 0 Å². The highest BCUT2D eigenvalue weighted by atomic mass is 35.5. The van der Waals surface area contributed by atoms with E-state index in [1.807, 2.05) is 6.07 Å². The van der Waals surface area contributed by atoms with Gasteiger partial charge in [-0.15, -0.1) is 0 Å². The molecule has 0 radical (unpaired) electrons. The second-order valence-corrected chi connectivity index (χ2v) is 4.46. The molecule has 106 valence electrons. The van der Waals surface area contributed by atoms with Crippen LogP contribution in [0.4, 0.5) is 14.5 Å². The van der Waals surface area contributed by atoms with E-state index >= 15 is 0 Å². The molecule has 0 fully saturated rings. The Balaban J connectivity index is 1.94. The Kier molecular flexibility index (Phi) is 5.12. The number of hydrogen-bond acceptors (Lipinski definition) is 3. The predicted molar refractivity (Wildman–Crippen MR) is 74.5 cm³/mol. The number of nitrogens with one attached hydrogen (secondary N) is 1. The van der Waals surface area contributed by atoms with Crippen molar-refractivity contribution in [3.8, 4) is 5.75 Å². The lowest BCUT2D eigenvalue weighted by Crippen LogP contribution is -2.07. The van der Waals surface area contributed by atoms with E-state index in [1.165, 1.54) is 0 Å². The highest BCUT2D eigenvalue weighted by Gasteiger charge is 2.04. The molecule has 0 aliphatic rings. The molecular weight excluding hydrogens is 286 g/mol. The maximum Gasteiger partial charge on any atom is 0.272 e. The molecule has 0 aliphatic heterocycles. The summed E-state index contributed by atoms with van der Waals surface area (Å²) in [6.45, 7) is -0.0664. The highest BCUT2D eigenvalue weighted by Crippen LogP contribution is 2.17. The molecule has 1 heterocycles. The fraction of sp³-hybridized carbons (Fsp3) is 0.214. The topological polar surface area (TPSA) is 34.1 Å². The van der Waals surface area contributed by atoms with Crippen LogP contribution in [-0.4, -0.2) is 18.0 Å². The number of anilines is 1. The number of benzene rings is 1. The van der Waals surface area contributed by atoms with Gasteiger partial charge in [-0.1, -0.05) is 23.7 Å². The third kappa shape index (κ3) is 4.66. The first kappa shape index (κ1) is 14.5. The van der Waals surface area contributed by atoms with E-state index in [0.717, 1.165) is 11.3 Å². The molecule has 6 heteroatoms. The van der Waals surface area contributed by atoms with Crippen LogP contribution in [0.3, 0.4) is 0 Å². The molecule has 1 aromatic heterocycles. The number of rotatable bonds is 6. The number of aromatic nitrogens is 1. The summed E-state index contributed by atoms with van der Waals surface area (Å²) in [4.78, 5) is 3.88. The van der Waals surface area contributed by atoms with Crippen LogP contribution >= 0.6 is 11.6 Å². The summed E-state index contributed by atoms with van der Waals surface area (Å²) < 4.78 is 29.1. The summed E-state index contributed by atoms with van der Waals surface area (Å²) >= 11 is 5.78. The zero-order valence-corrected chi connectivity index (χ0v) is 11.3. The second kappa shape index (κ2) is 7.05. The fourth-order valence-electron chi connectivity index (χ4n) is 1.62. The average molecular weight is 299 g/mol. The zero-order chi connectivity index (χ0) is 14.4. The minimum atomic E-state index is -2.48. The van der Waals surface area contributed by atoms with E-state index in [4.69, 9.17) is 16.3 Å². The molecule has 2 aromatic rings. The van der Waals surface area contributed by atoms with Crippen LogP contribution in [0.5, 0.6) is 5.75 Å². The summed E-state index contributed by atoms with van der Waals surface area (Å²) in [6, 6.07) is 10.5. The Morgan fingerprint density at radius 3 is 2.85 bits per heavy atom. The number of pyridine rings is 1. The summed E-state index contributed by atoms with van der Waals surface area (Å²) in [5, 5.41) is 3.57. The number of ether oxygens (including phenoxy) is 1. The summed E-state index contributed by atoms with van der Waals surface area (Å²) in [5.74, 6) is 0.428. The molecular formula is C14H13ClF2N2O. The average Bonchev–Trinajstić information content (AvgIpc) is 2.43. The van der Waals surface area contributed by atoms with Crippen LogP contribution in [0.1, 0.15) is 5.56 Å². The van der Waals surface area contributed by atoms with Crippen LogP contribution in [-0.2, 0) is 6.54 Å². The van der Waals surface area contributed by atoms with Crippen molar-refractivity contribution in [1.82, 2.24) is 4.98 Å². The lowest BCUT2D eigenvalue weighted by atomic mass is 10.2. The highest BCUT2D eigenvalue weighted by molar-refractivity contribution is 6.29. The van der Waals surface area contributed by atoms with E-state index in [2.05, 4.69) is 10.3 Å². The Hall–Kier alpha value is -1.88. The van der Waals surface area contributed by atoms with Gasteiger partial charge in [0.05, 0.1) is 0 Å². The summed E-state index contributed by atoms with van der Waals surface area (Å²) in [7, 11) is 0. The van der Waals surface area contributed by atoms with Gasteiger partial charge in [0, 0.05) is 18.4 Å². The Bertz CT molecular complexity index is 566. The van der Waals surface area contributed by atoms with Crippen molar-refractivity contribution in [2.24, 2.45) is 0 Å². The summed E-state index contributed by atoms with van der Waals surface area (Å²) in [5.41, 5.74) is 1.76. The van der Waals surface area contributed by atoms with Gasteiger partial charge < -0.3 is 10.1 Å². The summed E-state index contributed by atoms with van der Waals surface area (Å²) in [6.07, 6.45) is -0.872. The molecule has 2 rings (SSSR count). The molecule has 0 aliphatic carbocycles. The Morgan fingerprint density at radius 2 is 2.10 bits per heavy atom. The first-order valence-corrected chi connectivity index (χ1v) is 6.36. The van der Waals surface area contributed by atoms with E-state index in [0.29, 0.717) is 17.4 Å². The van der Waals surface area contributed by atoms with Gasteiger partial charge in [0.1, 0.15) is 17.5 Å². The molecule has 1 aromatic carbocycles. The smallest absolute Gasteiger partial charge is 0.272 e. The minimum Gasteiger partial charge on any atom is -0.488 e. The van der Waals surface area contributed by atoms with Crippen LogP contribution in [0.2, 0.25) is 5.15 Å². The lowest BCUT2D eigenvalue weighted by Gasteiger charge is -2.09. The van der Waals surface area contributed by atoms with Gasteiger partial charge in [0.25, 0.3) is 6.43 Å². The van der Waals surface area contributed by atoms with Gasteiger partial charge in [-0.3, -0.25) is 0 Å². The van der Waals surface area contributed by atoms with Crippen molar-refractivity contribution in [3.63, 3.8) is 0 Å². The van der Waals surface area contributed by atoms with Crippen molar-refractivity contribution < 1.29 is 13.5 Å². The quantitative estimate of drug-likeness (QED) is 0.819. The van der Waals surface area contributed by atoms with Gasteiger partial charge >= 0.3 is 0 Å². The standard InChI is InChI=1S/C14H13ClF2N2O/c15-13-7-11(4-5-18-13)19-8-10-2-1-3-12(6-10)20-9-14(16)17/h1-7,14H,8-9H2,(H,18,19). The lowest BCUT2D eigenvalue weighted by molar-refractivity contribution is 0.0818. The van der Waals surface area contributed by atoms with Crippen LogP contribution < -0.4 is 10.1 Å². The molecule has 0 atom stereocenters. The van der Waals surface area contributed by atoms with E-state index in [-0.39, 0.29) is 0 Å². The maximum atomic E-state index is 12.1. The second-order valence-electron chi connectivity index (χ2n) is 4.07. The molecule has 3 nitrogen and oxygen atoms in total. The van der Waals surface area contributed by atoms with Crippen molar-refractivity contribution >= 4 is 17.3 Å². The van der Waals surface area contributed by atoms with Crippen molar-refractivity contribution in [2.45, 2.75) is 13.0 Å². The van der Waals surface area contributed by atoms with Crippen molar-refractivity contribution in [1.29, 1.82) is 0 Å². The molecule has 0 saturated carbocycles. The number of halogens is 3. The first-order valence-electron chi connectivity index (χ1n) is 5.99. The van der Waals surface area contributed by atoms with Gasteiger partial charge in [-0.25, -0.2) is 13.8 Å². The first-order chi connectivity index (χ1) is 9.63. The van der Waals surface area contributed by atoms with E-state index < -0.39 is 13.0 Å². The molecule has 0 bridgehead atoms. The SMILES string of the molecule is FC(F)COc1cccc(CNc2ccnc(Cl)c2)c1. The van der Waals surface area contributed by atoms with Crippen LogP contribution in [0.15, 0.2) is 42.6 Å². The normalized spacial score (nSPS) is 10.6. The third-order valence-electron chi connectivity index (χ3n) is 2.50. The number of alkyl halides is 2. The van der Waals surface area contributed by atoms with Gasteiger partial charge in [0.15, 0.2) is 0 Å². The molecule has 20 heavy (non-hydrogen) atoms. The predicted octanol–water partition coefficient (Wildman–Crippen LogP) is 3.99. The third-order valence-corrected chi connectivity index (χ3v) is 2.70. The van der Waals surface area contributed by atoms with E-state index in [1.54, 1.807) is 36.5 Å². The molecule has 0 unspecified atom stereocenters. The molecule has 0 saturated heterocycles. The monoisotopic (exact) mass is 298 g/mol. The molecule has 0 amide bonds. The number of nitrogens with zero attached hydrogens (tertiary/aromatic N) is 1. The molecule has 1 N–H and O–H groups in total. The largest absolute Gasteiger partial charge is 0.488 e. The van der Waals surface area contributed by atoms with Gasteiger partial charge in [-0.2, -0.15) is 0 Å². The van der Waals surface area contributed by atoms with Crippen molar-refractivity contribution in [2.75, 3.05) is 11.9 Å².